The van der Waals surface area contributed by atoms with Crippen LogP contribution in [0.3, 0.4) is 0 Å². The number of phenols is 1. The van der Waals surface area contributed by atoms with Crippen molar-refractivity contribution in [3.05, 3.63) is 18.2 Å². The van der Waals surface area contributed by atoms with Crippen molar-refractivity contribution >= 4 is 18.1 Å². The van der Waals surface area contributed by atoms with Crippen molar-refractivity contribution in [2.75, 3.05) is 0 Å². The Bertz CT molecular complexity index is 433. The third-order valence-corrected chi connectivity index (χ3v) is 12.7. The number of carbonyl (C=O) groups is 2. The Morgan fingerprint density at radius 3 is 2.29 bits per heavy atom. The molecule has 7 heteroatoms. The van der Waals surface area contributed by atoms with Crippen molar-refractivity contribution in [1.82, 2.24) is 0 Å². The first-order valence-corrected chi connectivity index (χ1v) is 15.0. The average Bonchev–Trinajstić information content (AvgIpc) is 2.26. The predicted molar refractivity (Wildman–Crippen MR) is 50.9 cm³/mol. The molecule has 1 aromatic rings. The van der Waals surface area contributed by atoms with E-state index < -0.39 is 50.1 Å². The van der Waals surface area contributed by atoms with Crippen LogP contribution in [0.5, 0.6) is 5.75 Å². The van der Waals surface area contributed by atoms with E-state index in [1.807, 2.05) is 6.07 Å². The maximum atomic E-state index is 10.7. The normalized spacial score (nSPS) is 8.82. The summed E-state index contributed by atoms with van der Waals surface area (Å²) in [5, 5.41) is 9.61. The molecule has 0 unspecified atom stereocenters. The van der Waals surface area contributed by atoms with E-state index in [2.05, 4.69) is 0 Å². The number of carbonyl (C=O) groups excluding carboxylic acids is 2. The Labute approximate surface area is 125 Å². The van der Waals surface area contributed by atoms with Crippen LogP contribution in [0, 0.1) is 0 Å². The van der Waals surface area contributed by atoms with Crippen LogP contribution in [0.1, 0.15) is 13.8 Å². The first-order chi connectivity index (χ1) is 7.99. The van der Waals surface area contributed by atoms with Crippen LogP contribution in [0.15, 0.2) is 18.2 Å². The van der Waals surface area contributed by atoms with Crippen LogP contribution < -0.4 is 6.14 Å². The van der Waals surface area contributed by atoms with Crippen LogP contribution in [-0.4, -0.2) is 17.0 Å². The Morgan fingerprint density at radius 1 is 1.12 bits per heavy atom. The van der Waals surface area contributed by atoms with Crippen molar-refractivity contribution < 1.29 is 70.0 Å². The second-order valence-corrected chi connectivity index (χ2v) is 14.1. The van der Waals surface area contributed by atoms with Gasteiger partial charge >= 0.3 is 126 Å². The molecule has 17 heavy (non-hydrogen) atoms. The molecule has 84 valence electrons. The summed E-state index contributed by atoms with van der Waals surface area (Å²) in [4.78, 5) is 21.4. The van der Waals surface area contributed by atoms with Crippen molar-refractivity contribution in [2.45, 2.75) is 13.8 Å². The molecule has 0 bridgehead atoms. The van der Waals surface area contributed by atoms with Crippen molar-refractivity contribution in [2.24, 2.45) is 0 Å². The van der Waals surface area contributed by atoms with E-state index in [1.54, 1.807) is 12.1 Å². The van der Waals surface area contributed by atoms with Gasteiger partial charge in [0.05, 0.1) is 0 Å². The molecular weight excluding hydrogens is 601 g/mol. The van der Waals surface area contributed by atoms with Gasteiger partial charge in [0.25, 0.3) is 0 Å². The summed E-state index contributed by atoms with van der Waals surface area (Å²) < 4.78 is 11.9. The van der Waals surface area contributed by atoms with Gasteiger partial charge in [-0.25, -0.2) is 0 Å². The molecule has 0 atom stereocenters. The van der Waals surface area contributed by atoms with Crippen LogP contribution in [-0.2, 0) is 64.9 Å². The first kappa shape index (κ1) is 14.9. The molecule has 1 aromatic carbocycles. The minimum absolute atomic E-state index is 0.174. The topological polar surface area (TPSA) is 72.8 Å². The standard InChI is InChI=1S/C6H4O.2C2H4O2.2Hg/c7-6-4-2-1-3-5-6;2*1-2(3)4;;/h2-4,7H;2*1H3,(H,3,4);;/q;;;2*+1/p-2. The Hall–Kier alpha value is -0.170. The van der Waals surface area contributed by atoms with Crippen molar-refractivity contribution in [3.63, 3.8) is 0 Å². The molecule has 0 heterocycles. The Kier molecular flexibility index (Phi) is 6.40. The van der Waals surface area contributed by atoms with Crippen molar-refractivity contribution in [1.29, 1.82) is 0 Å². The molecular formula is C10H10Hg2O5. The minimum atomic E-state index is -2.02. The molecule has 0 radical (unpaired) electrons. The molecule has 0 saturated heterocycles. The van der Waals surface area contributed by atoms with E-state index in [0.717, 1.165) is 6.14 Å². The summed E-state index contributed by atoms with van der Waals surface area (Å²) in [5.41, 5.74) is 0. The summed E-state index contributed by atoms with van der Waals surface area (Å²) in [6.45, 7) is 2.75. The number of aromatic hydroxyl groups is 1. The van der Waals surface area contributed by atoms with E-state index in [-0.39, 0.29) is 17.7 Å². The van der Waals surface area contributed by atoms with Gasteiger partial charge in [-0.05, 0) is 0 Å². The summed E-state index contributed by atoms with van der Waals surface area (Å²) in [6.07, 6.45) is 0. The fourth-order valence-corrected chi connectivity index (χ4v) is 12.9. The molecule has 5 nitrogen and oxygen atoms in total. The quantitative estimate of drug-likeness (QED) is 0.477. The van der Waals surface area contributed by atoms with Gasteiger partial charge in [0.2, 0.25) is 0 Å². The Balaban J connectivity index is 2.71. The summed E-state index contributed by atoms with van der Waals surface area (Å²) in [5.74, 6) is -0.389. The van der Waals surface area contributed by atoms with Crippen LogP contribution >= 0.6 is 0 Å². The zero-order valence-electron chi connectivity index (χ0n) is 9.73. The van der Waals surface area contributed by atoms with Crippen LogP contribution in [0.25, 0.3) is 0 Å². The van der Waals surface area contributed by atoms with Crippen LogP contribution in [0.2, 0.25) is 0 Å². The zero-order chi connectivity index (χ0) is 12.8. The van der Waals surface area contributed by atoms with E-state index in [1.165, 1.54) is 13.8 Å². The van der Waals surface area contributed by atoms with Crippen molar-refractivity contribution in [3.8, 4) is 5.75 Å². The van der Waals surface area contributed by atoms with Gasteiger partial charge in [-0.2, -0.15) is 0 Å². The molecule has 0 aliphatic rings. The third-order valence-electron chi connectivity index (χ3n) is 2.02. The third kappa shape index (κ3) is 5.81. The van der Waals surface area contributed by atoms with E-state index in [4.69, 9.17) is 5.29 Å². The number of benzene rings is 1. The number of rotatable bonds is 4. The number of hydrogen-bond acceptors (Lipinski definition) is 5. The molecule has 1 rings (SSSR count). The molecule has 0 spiro atoms. The first-order valence-electron chi connectivity index (χ1n) is 5.06. The summed E-state index contributed by atoms with van der Waals surface area (Å²) in [7, 11) is 0. The second kappa shape index (κ2) is 7.31. The van der Waals surface area contributed by atoms with Gasteiger partial charge in [-0.15, -0.1) is 0 Å². The molecule has 0 amide bonds. The van der Waals surface area contributed by atoms with E-state index in [9.17, 15) is 14.7 Å². The van der Waals surface area contributed by atoms with Gasteiger partial charge < -0.3 is 0 Å². The summed E-state index contributed by atoms with van der Waals surface area (Å²) >= 11 is -3.87. The Morgan fingerprint density at radius 2 is 1.71 bits per heavy atom. The fraction of sp³-hybridized carbons (Fsp3) is 0.200. The zero-order valence-corrected chi connectivity index (χ0v) is 20.7. The molecule has 0 saturated carbocycles. The van der Waals surface area contributed by atoms with Gasteiger partial charge in [0.1, 0.15) is 0 Å². The SMILES string of the molecule is CC(=O)[O][Hg][c]1ccc(O)[c]([Hg][O]C(C)=O)c1. The molecule has 0 aliphatic carbocycles. The molecule has 0 fully saturated rings. The number of hydrogen-bond donors (Lipinski definition) is 1. The monoisotopic (exact) mass is 614 g/mol. The maximum absolute atomic E-state index is 10.7. The molecule has 1 N–H and O–H groups in total. The predicted octanol–water partition coefficient (Wildman–Crippen LogP) is -0.236. The van der Waals surface area contributed by atoms with Crippen LogP contribution in [0.4, 0.5) is 0 Å². The number of phenolic OH excluding ortho intramolecular Hbond substituents is 1. The molecule has 0 aliphatic heterocycles. The van der Waals surface area contributed by atoms with Gasteiger partial charge in [0, 0.05) is 0 Å². The average molecular weight is 611 g/mol. The second-order valence-electron chi connectivity index (χ2n) is 3.52. The molecule has 0 aromatic heterocycles. The summed E-state index contributed by atoms with van der Waals surface area (Å²) in [6, 6.07) is 5.17. The van der Waals surface area contributed by atoms with Gasteiger partial charge in [0.15, 0.2) is 0 Å². The van der Waals surface area contributed by atoms with E-state index >= 15 is 0 Å². The van der Waals surface area contributed by atoms with E-state index in [0.29, 0.717) is 0 Å². The van der Waals surface area contributed by atoms with Gasteiger partial charge in [-0.3, -0.25) is 0 Å². The fourth-order valence-electron chi connectivity index (χ4n) is 1.21. The van der Waals surface area contributed by atoms with Gasteiger partial charge in [-0.1, -0.05) is 0 Å².